The van der Waals surface area contributed by atoms with E-state index >= 15 is 0 Å². The third kappa shape index (κ3) is 3.56. The highest BCUT2D eigenvalue weighted by molar-refractivity contribution is 9.09. The fourth-order valence-corrected chi connectivity index (χ4v) is 2.60. The van der Waals surface area contributed by atoms with Crippen LogP contribution in [0.3, 0.4) is 0 Å². The van der Waals surface area contributed by atoms with Gasteiger partial charge >= 0.3 is 0 Å². The summed E-state index contributed by atoms with van der Waals surface area (Å²) in [4.78, 5) is 14.4. The van der Waals surface area contributed by atoms with Gasteiger partial charge in [0, 0.05) is 24.0 Å². The van der Waals surface area contributed by atoms with E-state index in [1.54, 1.807) is 4.90 Å². The second-order valence-corrected chi connectivity index (χ2v) is 6.30. The lowest BCUT2D eigenvalue weighted by atomic mass is 9.99. The van der Waals surface area contributed by atoms with Crippen molar-refractivity contribution in [1.29, 1.82) is 0 Å². The Balaban J connectivity index is 3.04. The van der Waals surface area contributed by atoms with Gasteiger partial charge < -0.3 is 4.90 Å². The minimum atomic E-state index is 0.103. The van der Waals surface area contributed by atoms with E-state index in [1.165, 1.54) is 5.56 Å². The Kier molecular flexibility index (Phi) is 4.75. The van der Waals surface area contributed by atoms with Crippen molar-refractivity contribution in [2.75, 3.05) is 13.6 Å². The first-order valence-corrected chi connectivity index (χ1v) is 6.72. The van der Waals surface area contributed by atoms with Gasteiger partial charge in [-0.15, -0.1) is 0 Å². The van der Waals surface area contributed by atoms with Crippen LogP contribution in [0.4, 0.5) is 0 Å². The molecule has 0 aromatic heterocycles. The molecule has 1 unspecified atom stereocenters. The first-order valence-electron chi connectivity index (χ1n) is 5.80. The van der Waals surface area contributed by atoms with Crippen molar-refractivity contribution in [3.63, 3.8) is 0 Å². The standard InChI is InChI=1S/C14H20BrNO/c1-9-6-10(2)13(11(3)7-9)14(17)16(5)8-12(4)15/h6-7,12H,8H2,1-5H3. The average Bonchev–Trinajstić information content (AvgIpc) is 2.14. The fourth-order valence-electron chi connectivity index (χ4n) is 2.17. The third-order valence-electron chi connectivity index (χ3n) is 2.76. The largest absolute Gasteiger partial charge is 0.341 e. The van der Waals surface area contributed by atoms with Crippen LogP contribution in [0.15, 0.2) is 12.1 Å². The molecule has 0 N–H and O–H groups in total. The molecule has 0 radical (unpaired) electrons. The molecule has 17 heavy (non-hydrogen) atoms. The molecule has 94 valence electrons. The van der Waals surface area contributed by atoms with Crippen LogP contribution in [0, 0.1) is 20.8 Å². The quantitative estimate of drug-likeness (QED) is 0.783. The summed E-state index contributed by atoms with van der Waals surface area (Å²) in [6.07, 6.45) is 0. The predicted octanol–water partition coefficient (Wildman–Crippen LogP) is 3.47. The lowest BCUT2D eigenvalue weighted by Gasteiger charge is -2.21. The summed E-state index contributed by atoms with van der Waals surface area (Å²) in [7, 11) is 1.85. The van der Waals surface area contributed by atoms with E-state index < -0.39 is 0 Å². The molecule has 0 saturated carbocycles. The van der Waals surface area contributed by atoms with Crippen LogP contribution < -0.4 is 0 Å². The molecule has 1 aromatic carbocycles. The van der Waals surface area contributed by atoms with Gasteiger partial charge in [0.25, 0.3) is 5.91 Å². The zero-order valence-corrected chi connectivity index (χ0v) is 12.8. The van der Waals surface area contributed by atoms with Crippen molar-refractivity contribution in [1.82, 2.24) is 4.90 Å². The maximum atomic E-state index is 12.3. The van der Waals surface area contributed by atoms with E-state index in [0.717, 1.165) is 16.7 Å². The molecule has 1 atom stereocenters. The number of benzene rings is 1. The third-order valence-corrected chi connectivity index (χ3v) is 3.05. The number of aryl methyl sites for hydroxylation is 3. The predicted molar refractivity (Wildman–Crippen MR) is 76.0 cm³/mol. The Labute approximate surface area is 112 Å². The minimum Gasteiger partial charge on any atom is -0.341 e. The number of carbonyl (C=O) groups excluding carboxylic acids is 1. The Morgan fingerprint density at radius 1 is 1.29 bits per heavy atom. The highest BCUT2D eigenvalue weighted by atomic mass is 79.9. The summed E-state index contributed by atoms with van der Waals surface area (Å²) in [5.74, 6) is 0.103. The number of halogens is 1. The van der Waals surface area contributed by atoms with E-state index in [0.29, 0.717) is 11.4 Å². The van der Waals surface area contributed by atoms with E-state index in [4.69, 9.17) is 0 Å². The molecule has 1 aromatic rings. The monoisotopic (exact) mass is 297 g/mol. The van der Waals surface area contributed by atoms with Crippen LogP contribution in [-0.4, -0.2) is 29.2 Å². The summed E-state index contributed by atoms with van der Waals surface area (Å²) < 4.78 is 0. The molecule has 1 amide bonds. The Hall–Kier alpha value is -0.830. The van der Waals surface area contributed by atoms with Crippen LogP contribution in [0.25, 0.3) is 0 Å². The number of nitrogens with zero attached hydrogens (tertiary/aromatic N) is 1. The van der Waals surface area contributed by atoms with Crippen LogP contribution in [-0.2, 0) is 0 Å². The maximum absolute atomic E-state index is 12.3. The lowest BCUT2D eigenvalue weighted by Crippen LogP contribution is -2.32. The molecule has 1 rings (SSSR count). The topological polar surface area (TPSA) is 20.3 Å². The molecular formula is C14H20BrNO. The minimum absolute atomic E-state index is 0.103. The smallest absolute Gasteiger partial charge is 0.254 e. The number of hydrogen-bond donors (Lipinski definition) is 0. The molecule has 0 bridgehead atoms. The molecule has 0 spiro atoms. The van der Waals surface area contributed by atoms with Gasteiger partial charge in [0.05, 0.1) is 0 Å². The van der Waals surface area contributed by atoms with Crippen molar-refractivity contribution in [3.8, 4) is 0 Å². The van der Waals surface area contributed by atoms with Gasteiger partial charge in [-0.2, -0.15) is 0 Å². The highest BCUT2D eigenvalue weighted by Crippen LogP contribution is 2.18. The van der Waals surface area contributed by atoms with Crippen LogP contribution in [0.1, 0.15) is 34.0 Å². The Bertz CT molecular complexity index is 403. The summed E-state index contributed by atoms with van der Waals surface area (Å²) in [6.45, 7) is 8.81. The number of rotatable bonds is 3. The molecular weight excluding hydrogens is 278 g/mol. The number of amides is 1. The van der Waals surface area contributed by atoms with Crippen molar-refractivity contribution in [2.24, 2.45) is 0 Å². The maximum Gasteiger partial charge on any atom is 0.254 e. The second-order valence-electron chi connectivity index (χ2n) is 4.74. The van der Waals surface area contributed by atoms with Crippen LogP contribution >= 0.6 is 15.9 Å². The second kappa shape index (κ2) is 5.67. The summed E-state index contributed by atoms with van der Waals surface area (Å²) in [5, 5.41) is 0. The van der Waals surface area contributed by atoms with Gasteiger partial charge in [-0.25, -0.2) is 0 Å². The normalized spacial score (nSPS) is 12.4. The van der Waals surface area contributed by atoms with Gasteiger partial charge in [-0.05, 0) is 31.9 Å². The summed E-state index contributed by atoms with van der Waals surface area (Å²) >= 11 is 3.47. The molecule has 0 heterocycles. The molecule has 0 saturated heterocycles. The van der Waals surface area contributed by atoms with Crippen molar-refractivity contribution in [2.45, 2.75) is 32.5 Å². The van der Waals surface area contributed by atoms with Gasteiger partial charge in [-0.3, -0.25) is 4.79 Å². The molecule has 0 fully saturated rings. The van der Waals surface area contributed by atoms with Crippen LogP contribution in [0.2, 0.25) is 0 Å². The molecule has 2 nitrogen and oxygen atoms in total. The molecule has 0 aliphatic heterocycles. The highest BCUT2D eigenvalue weighted by Gasteiger charge is 2.17. The van der Waals surface area contributed by atoms with Gasteiger partial charge in [0.15, 0.2) is 0 Å². The van der Waals surface area contributed by atoms with Crippen molar-refractivity contribution in [3.05, 3.63) is 34.4 Å². The van der Waals surface area contributed by atoms with E-state index in [2.05, 4.69) is 35.0 Å². The number of carbonyl (C=O) groups is 1. The van der Waals surface area contributed by atoms with E-state index in [1.807, 2.05) is 27.8 Å². The van der Waals surface area contributed by atoms with Gasteiger partial charge in [0.1, 0.15) is 0 Å². The Morgan fingerprint density at radius 3 is 2.18 bits per heavy atom. The summed E-state index contributed by atoms with van der Waals surface area (Å²) in [5.41, 5.74) is 4.16. The first-order chi connectivity index (χ1) is 7.82. The van der Waals surface area contributed by atoms with E-state index in [9.17, 15) is 4.79 Å². The van der Waals surface area contributed by atoms with Gasteiger partial charge in [-0.1, -0.05) is 40.5 Å². The van der Waals surface area contributed by atoms with E-state index in [-0.39, 0.29) is 5.91 Å². The summed E-state index contributed by atoms with van der Waals surface area (Å²) in [6, 6.07) is 4.12. The molecule has 0 aliphatic carbocycles. The fraction of sp³-hybridized carbons (Fsp3) is 0.500. The molecule has 0 aliphatic rings. The first kappa shape index (κ1) is 14.2. The van der Waals surface area contributed by atoms with Crippen molar-refractivity contribution < 1.29 is 4.79 Å². The molecule has 3 heteroatoms. The SMILES string of the molecule is Cc1cc(C)c(C(=O)N(C)CC(C)Br)c(C)c1. The number of alkyl halides is 1. The Morgan fingerprint density at radius 2 is 1.76 bits per heavy atom. The average molecular weight is 298 g/mol. The number of hydrogen-bond acceptors (Lipinski definition) is 1. The van der Waals surface area contributed by atoms with Crippen molar-refractivity contribution >= 4 is 21.8 Å². The van der Waals surface area contributed by atoms with Gasteiger partial charge in [0.2, 0.25) is 0 Å². The lowest BCUT2D eigenvalue weighted by molar-refractivity contribution is 0.0796. The van der Waals surface area contributed by atoms with Crippen LogP contribution in [0.5, 0.6) is 0 Å². The zero-order valence-electron chi connectivity index (χ0n) is 11.2. The zero-order chi connectivity index (χ0) is 13.2.